The molecular weight excluding hydrogens is 202 g/mol. The maximum atomic E-state index is 5.55. The van der Waals surface area contributed by atoms with E-state index in [1.54, 1.807) is 4.68 Å². The average molecular weight is 225 g/mol. The van der Waals surface area contributed by atoms with E-state index < -0.39 is 0 Å². The van der Waals surface area contributed by atoms with Crippen molar-refractivity contribution < 1.29 is 0 Å². The summed E-state index contributed by atoms with van der Waals surface area (Å²) in [6.07, 6.45) is 3.00. The summed E-state index contributed by atoms with van der Waals surface area (Å²) in [5.74, 6) is 0.662. The Morgan fingerprint density at radius 3 is 2.75 bits per heavy atom. The van der Waals surface area contributed by atoms with Crippen LogP contribution in [0.3, 0.4) is 0 Å². The number of nitrogens with two attached hydrogens (primary N) is 1. The molecular formula is C11H23N5. The van der Waals surface area contributed by atoms with Gasteiger partial charge >= 0.3 is 0 Å². The molecule has 0 atom stereocenters. The van der Waals surface area contributed by atoms with E-state index in [0.717, 1.165) is 38.3 Å². The van der Waals surface area contributed by atoms with Gasteiger partial charge in [0.05, 0.1) is 5.69 Å². The second-order valence-electron chi connectivity index (χ2n) is 4.65. The van der Waals surface area contributed by atoms with Crippen LogP contribution in [0.1, 0.15) is 26.0 Å². The van der Waals surface area contributed by atoms with E-state index in [1.165, 1.54) is 0 Å². The van der Waals surface area contributed by atoms with Crippen LogP contribution >= 0.6 is 0 Å². The number of nitrogens with zero attached hydrogens (tertiary/aromatic N) is 4. The van der Waals surface area contributed by atoms with Gasteiger partial charge in [-0.25, -0.2) is 0 Å². The normalized spacial score (nSPS) is 11.6. The van der Waals surface area contributed by atoms with E-state index in [4.69, 9.17) is 5.73 Å². The molecule has 1 aromatic rings. The van der Waals surface area contributed by atoms with Gasteiger partial charge in [0.25, 0.3) is 0 Å². The topological polar surface area (TPSA) is 60.0 Å². The van der Waals surface area contributed by atoms with Crippen LogP contribution in [0, 0.1) is 5.92 Å². The lowest BCUT2D eigenvalue weighted by atomic mass is 10.2. The third kappa shape index (κ3) is 4.72. The number of aryl methyl sites for hydroxylation is 1. The number of hydrogen-bond acceptors (Lipinski definition) is 4. The Morgan fingerprint density at radius 1 is 1.50 bits per heavy atom. The molecule has 16 heavy (non-hydrogen) atoms. The van der Waals surface area contributed by atoms with E-state index in [9.17, 15) is 0 Å². The molecule has 1 heterocycles. The van der Waals surface area contributed by atoms with Gasteiger partial charge in [-0.1, -0.05) is 19.1 Å². The fourth-order valence-electron chi connectivity index (χ4n) is 1.76. The minimum Gasteiger partial charge on any atom is -0.330 e. The SMILES string of the molecule is CC(C)CN(CCCN)Cc1cn(C)nn1. The third-order valence-corrected chi connectivity index (χ3v) is 2.34. The zero-order valence-corrected chi connectivity index (χ0v) is 10.6. The minimum atomic E-state index is 0.662. The summed E-state index contributed by atoms with van der Waals surface area (Å²) in [5, 5.41) is 8.06. The molecule has 5 heteroatoms. The van der Waals surface area contributed by atoms with Gasteiger partial charge in [0, 0.05) is 26.3 Å². The summed E-state index contributed by atoms with van der Waals surface area (Å²) in [4.78, 5) is 2.39. The molecule has 5 nitrogen and oxygen atoms in total. The van der Waals surface area contributed by atoms with Crippen molar-refractivity contribution in [2.75, 3.05) is 19.6 Å². The molecule has 0 fully saturated rings. The summed E-state index contributed by atoms with van der Waals surface area (Å²) < 4.78 is 1.74. The zero-order chi connectivity index (χ0) is 12.0. The van der Waals surface area contributed by atoms with Crippen LogP contribution in [0.4, 0.5) is 0 Å². The van der Waals surface area contributed by atoms with Crippen molar-refractivity contribution in [3.63, 3.8) is 0 Å². The monoisotopic (exact) mass is 225 g/mol. The third-order valence-electron chi connectivity index (χ3n) is 2.34. The van der Waals surface area contributed by atoms with Crippen LogP contribution in [-0.4, -0.2) is 39.5 Å². The Hall–Kier alpha value is -0.940. The highest BCUT2D eigenvalue weighted by Gasteiger charge is 2.09. The fraction of sp³-hybridized carbons (Fsp3) is 0.818. The molecule has 1 rings (SSSR count). The van der Waals surface area contributed by atoms with Gasteiger partial charge in [-0.05, 0) is 25.4 Å². The van der Waals surface area contributed by atoms with Crippen molar-refractivity contribution in [2.24, 2.45) is 18.7 Å². The average Bonchev–Trinajstić information content (AvgIpc) is 2.59. The lowest BCUT2D eigenvalue weighted by Gasteiger charge is -2.22. The molecule has 0 saturated carbocycles. The Bertz CT molecular complexity index is 294. The maximum Gasteiger partial charge on any atom is 0.0967 e. The summed E-state index contributed by atoms with van der Waals surface area (Å²) >= 11 is 0. The van der Waals surface area contributed by atoms with Crippen LogP contribution in [0.15, 0.2) is 6.20 Å². The van der Waals surface area contributed by atoms with E-state index in [-0.39, 0.29) is 0 Å². The van der Waals surface area contributed by atoms with Gasteiger partial charge in [0.2, 0.25) is 0 Å². The summed E-state index contributed by atoms with van der Waals surface area (Å²) in [6.45, 7) is 8.18. The van der Waals surface area contributed by atoms with Crippen molar-refractivity contribution in [3.05, 3.63) is 11.9 Å². The Labute approximate surface area is 97.6 Å². The van der Waals surface area contributed by atoms with Crippen molar-refractivity contribution >= 4 is 0 Å². The van der Waals surface area contributed by atoms with E-state index in [2.05, 4.69) is 29.1 Å². The predicted molar refractivity (Wildman–Crippen MR) is 64.8 cm³/mol. The molecule has 0 aliphatic carbocycles. The molecule has 92 valence electrons. The summed E-state index contributed by atoms with van der Waals surface area (Å²) in [5.41, 5.74) is 6.57. The second-order valence-corrected chi connectivity index (χ2v) is 4.65. The van der Waals surface area contributed by atoms with Gasteiger partial charge in [-0.3, -0.25) is 9.58 Å². The first-order valence-electron chi connectivity index (χ1n) is 5.89. The van der Waals surface area contributed by atoms with Crippen LogP contribution in [0.5, 0.6) is 0 Å². The number of rotatable bonds is 7. The maximum absolute atomic E-state index is 5.55. The molecule has 0 saturated heterocycles. The van der Waals surface area contributed by atoms with Gasteiger partial charge in [-0.15, -0.1) is 5.10 Å². The summed E-state index contributed by atoms with van der Waals surface area (Å²) in [7, 11) is 1.89. The van der Waals surface area contributed by atoms with Crippen LogP contribution in [0.25, 0.3) is 0 Å². The lowest BCUT2D eigenvalue weighted by molar-refractivity contribution is 0.232. The van der Waals surface area contributed by atoms with Crippen LogP contribution < -0.4 is 5.73 Å². The molecule has 0 aromatic carbocycles. The smallest absolute Gasteiger partial charge is 0.0967 e. The molecule has 1 aromatic heterocycles. The quantitative estimate of drug-likeness (QED) is 0.739. The highest BCUT2D eigenvalue weighted by molar-refractivity contribution is 4.91. The number of hydrogen-bond donors (Lipinski definition) is 1. The van der Waals surface area contributed by atoms with Gasteiger partial charge < -0.3 is 5.73 Å². The molecule has 0 bridgehead atoms. The first-order valence-corrected chi connectivity index (χ1v) is 5.89. The molecule has 2 N–H and O–H groups in total. The molecule has 0 aliphatic heterocycles. The largest absolute Gasteiger partial charge is 0.330 e. The number of aromatic nitrogens is 3. The van der Waals surface area contributed by atoms with Crippen molar-refractivity contribution in [1.29, 1.82) is 0 Å². The van der Waals surface area contributed by atoms with Crippen LogP contribution in [-0.2, 0) is 13.6 Å². The highest BCUT2D eigenvalue weighted by atomic mass is 15.4. The van der Waals surface area contributed by atoms with Gasteiger partial charge in [-0.2, -0.15) is 0 Å². The van der Waals surface area contributed by atoms with Gasteiger partial charge in [0.1, 0.15) is 0 Å². The first kappa shape index (κ1) is 13.1. The molecule has 0 radical (unpaired) electrons. The summed E-state index contributed by atoms with van der Waals surface area (Å²) in [6, 6.07) is 0. The van der Waals surface area contributed by atoms with E-state index >= 15 is 0 Å². The Kier molecular flexibility index (Phi) is 5.42. The fourth-order valence-corrected chi connectivity index (χ4v) is 1.76. The standard InChI is InChI=1S/C11H23N5/c1-10(2)7-16(6-4-5-12)9-11-8-15(3)14-13-11/h8,10H,4-7,9,12H2,1-3H3. The molecule has 0 spiro atoms. The molecule has 0 unspecified atom stereocenters. The van der Waals surface area contributed by atoms with Gasteiger partial charge in [0.15, 0.2) is 0 Å². The van der Waals surface area contributed by atoms with Crippen LogP contribution in [0.2, 0.25) is 0 Å². The second kappa shape index (κ2) is 6.60. The predicted octanol–water partition coefficient (Wildman–Crippen LogP) is 0.622. The first-order chi connectivity index (χ1) is 7.61. The van der Waals surface area contributed by atoms with E-state index in [0.29, 0.717) is 5.92 Å². The molecule has 0 aliphatic rings. The highest BCUT2D eigenvalue weighted by Crippen LogP contribution is 2.05. The van der Waals surface area contributed by atoms with Crippen molar-refractivity contribution in [2.45, 2.75) is 26.8 Å². The minimum absolute atomic E-state index is 0.662. The Balaban J connectivity index is 2.48. The van der Waals surface area contributed by atoms with Crippen molar-refractivity contribution in [3.8, 4) is 0 Å². The van der Waals surface area contributed by atoms with Crippen molar-refractivity contribution in [1.82, 2.24) is 19.9 Å². The zero-order valence-electron chi connectivity index (χ0n) is 10.6. The molecule has 0 amide bonds. The Morgan fingerprint density at radius 2 is 2.25 bits per heavy atom. The lowest BCUT2D eigenvalue weighted by Crippen LogP contribution is -2.29. The van der Waals surface area contributed by atoms with E-state index in [1.807, 2.05) is 13.2 Å².